The van der Waals surface area contributed by atoms with Crippen LogP contribution in [0.5, 0.6) is 0 Å². The smallest absolute Gasteiger partial charge is 0.263 e. The molecule has 0 spiro atoms. The molecule has 11 heteroatoms. The average molecular weight is 427 g/mol. The van der Waals surface area contributed by atoms with Crippen LogP contribution < -0.4 is 4.72 Å². The summed E-state index contributed by atoms with van der Waals surface area (Å²) in [6.07, 6.45) is 4.67. The lowest BCUT2D eigenvalue weighted by atomic mass is 10.3. The van der Waals surface area contributed by atoms with Crippen LogP contribution >= 0.6 is 11.3 Å². The third-order valence-electron chi connectivity index (χ3n) is 3.84. The summed E-state index contributed by atoms with van der Waals surface area (Å²) in [5, 5.41) is 4.15. The molecule has 0 aliphatic rings. The fraction of sp³-hybridized carbons (Fsp3) is 0.250. The van der Waals surface area contributed by atoms with E-state index in [9.17, 15) is 16.8 Å². The Morgan fingerprint density at radius 1 is 1.15 bits per heavy atom. The zero-order valence-electron chi connectivity index (χ0n) is 14.7. The van der Waals surface area contributed by atoms with Gasteiger partial charge in [0.05, 0.1) is 28.0 Å². The average Bonchev–Trinajstić information content (AvgIpc) is 3.20. The molecule has 3 rings (SSSR count). The Morgan fingerprint density at radius 3 is 2.48 bits per heavy atom. The molecule has 0 amide bonds. The molecule has 1 N–H and O–H groups in total. The predicted molar refractivity (Wildman–Crippen MR) is 103 cm³/mol. The summed E-state index contributed by atoms with van der Waals surface area (Å²) in [4.78, 5) is 4.80. The lowest BCUT2D eigenvalue weighted by Gasteiger charge is -2.09. The second kappa shape index (κ2) is 7.41. The Bertz CT molecular complexity index is 1160. The number of rotatable bonds is 7. The summed E-state index contributed by atoms with van der Waals surface area (Å²) >= 11 is 1.57. The van der Waals surface area contributed by atoms with Gasteiger partial charge in [-0.25, -0.2) is 21.8 Å². The van der Waals surface area contributed by atoms with Gasteiger partial charge in [0.1, 0.15) is 4.90 Å². The minimum absolute atomic E-state index is 0.245. The highest BCUT2D eigenvalue weighted by molar-refractivity contribution is 7.95. The van der Waals surface area contributed by atoms with E-state index in [1.807, 2.05) is 6.92 Å². The Hall–Kier alpha value is -2.24. The second-order valence-electron chi connectivity index (χ2n) is 5.93. The molecule has 0 radical (unpaired) electrons. The second-order valence-corrected chi connectivity index (χ2v) is 10.5. The first-order chi connectivity index (χ1) is 12.7. The van der Waals surface area contributed by atoms with Crippen LogP contribution in [-0.2, 0) is 32.8 Å². The van der Waals surface area contributed by atoms with Gasteiger partial charge < -0.3 is 0 Å². The number of aryl methyl sites for hydroxylation is 3. The van der Waals surface area contributed by atoms with E-state index in [2.05, 4.69) is 14.8 Å². The summed E-state index contributed by atoms with van der Waals surface area (Å²) in [7, 11) is -7.76. The molecule has 0 unspecified atom stereocenters. The monoisotopic (exact) mass is 426 g/mol. The maximum Gasteiger partial charge on any atom is 0.263 e. The maximum absolute atomic E-state index is 12.6. The van der Waals surface area contributed by atoms with Crippen LogP contribution in [0.3, 0.4) is 0 Å². The summed E-state index contributed by atoms with van der Waals surface area (Å²) in [6.45, 7) is 2.51. The van der Waals surface area contributed by atoms with Crippen LogP contribution in [0.25, 0.3) is 0 Å². The van der Waals surface area contributed by atoms with Gasteiger partial charge in [0.2, 0.25) is 0 Å². The van der Waals surface area contributed by atoms with Gasteiger partial charge in [0, 0.05) is 30.3 Å². The van der Waals surface area contributed by atoms with E-state index in [0.29, 0.717) is 6.54 Å². The Balaban J connectivity index is 1.78. The van der Waals surface area contributed by atoms with Crippen molar-refractivity contribution >= 4 is 36.9 Å². The predicted octanol–water partition coefficient (Wildman–Crippen LogP) is 2.10. The van der Waals surface area contributed by atoms with E-state index < -0.39 is 19.9 Å². The van der Waals surface area contributed by atoms with E-state index in [0.717, 1.165) is 23.2 Å². The molecule has 0 bridgehead atoms. The van der Waals surface area contributed by atoms with Crippen molar-refractivity contribution in [3.63, 3.8) is 0 Å². The number of anilines is 1. The number of sulfone groups is 1. The molecule has 0 saturated carbocycles. The Labute approximate surface area is 161 Å². The van der Waals surface area contributed by atoms with E-state index in [4.69, 9.17) is 0 Å². The van der Waals surface area contributed by atoms with Crippen molar-refractivity contribution < 1.29 is 16.8 Å². The molecule has 27 heavy (non-hydrogen) atoms. The van der Waals surface area contributed by atoms with Gasteiger partial charge in [0.15, 0.2) is 9.84 Å². The minimum Gasteiger partial charge on any atom is -0.276 e. The molecule has 2 aromatic heterocycles. The summed E-state index contributed by atoms with van der Waals surface area (Å²) in [5.74, 6) is 0. The van der Waals surface area contributed by atoms with Crippen molar-refractivity contribution in [3.8, 4) is 0 Å². The molecule has 0 aliphatic heterocycles. The Kier molecular flexibility index (Phi) is 5.36. The molecule has 0 fully saturated rings. The molecule has 2 heterocycles. The van der Waals surface area contributed by atoms with Gasteiger partial charge in [-0.1, -0.05) is 12.1 Å². The topological polar surface area (TPSA) is 111 Å². The zero-order valence-corrected chi connectivity index (χ0v) is 17.1. The molecule has 144 valence electrons. The molecule has 0 saturated heterocycles. The highest BCUT2D eigenvalue weighted by Gasteiger charge is 2.24. The maximum atomic E-state index is 12.6. The quantitative estimate of drug-likeness (QED) is 0.619. The third-order valence-corrected chi connectivity index (χ3v) is 7.55. The first kappa shape index (κ1) is 19.5. The van der Waals surface area contributed by atoms with Gasteiger partial charge in [-0.3, -0.25) is 9.40 Å². The number of hydrogen-bond donors (Lipinski definition) is 1. The molecular formula is C16H18N4O4S3. The van der Waals surface area contributed by atoms with Crippen molar-refractivity contribution in [2.24, 2.45) is 0 Å². The highest BCUT2D eigenvalue weighted by Crippen LogP contribution is 2.23. The van der Waals surface area contributed by atoms with Crippen molar-refractivity contribution in [1.82, 2.24) is 14.8 Å². The standard InChI is InChI=1S/C16H18N4O4S3/c1-12-14(25-11-17-12)7-8-20-10-13(9-18-20)19-27(23,24)16-6-4-3-5-15(16)26(2,21)22/h3-6,9-11,19H,7-8H2,1-2H3. The number of benzene rings is 1. The Morgan fingerprint density at radius 2 is 1.85 bits per heavy atom. The number of aromatic nitrogens is 3. The number of thiazole rings is 1. The summed E-state index contributed by atoms with van der Waals surface area (Å²) < 4.78 is 53.0. The van der Waals surface area contributed by atoms with Crippen molar-refractivity contribution in [2.45, 2.75) is 29.7 Å². The van der Waals surface area contributed by atoms with Crippen molar-refractivity contribution in [2.75, 3.05) is 11.0 Å². The molecule has 8 nitrogen and oxygen atoms in total. The normalized spacial score (nSPS) is 12.2. The fourth-order valence-corrected chi connectivity index (χ4v) is 5.94. The van der Waals surface area contributed by atoms with Crippen LogP contribution in [0.4, 0.5) is 5.69 Å². The van der Waals surface area contributed by atoms with Crippen LogP contribution in [0.2, 0.25) is 0 Å². The summed E-state index contributed by atoms with van der Waals surface area (Å²) in [5.41, 5.74) is 3.02. The molecule has 0 atom stereocenters. The van der Waals surface area contributed by atoms with Crippen LogP contribution in [-0.4, -0.2) is 37.9 Å². The molecule has 3 aromatic rings. The van der Waals surface area contributed by atoms with Gasteiger partial charge >= 0.3 is 0 Å². The van der Waals surface area contributed by atoms with Gasteiger partial charge in [0.25, 0.3) is 10.0 Å². The molecular weight excluding hydrogens is 408 g/mol. The van der Waals surface area contributed by atoms with Crippen LogP contribution in [0, 0.1) is 6.92 Å². The number of sulfonamides is 1. The first-order valence-electron chi connectivity index (χ1n) is 7.90. The first-order valence-corrected chi connectivity index (χ1v) is 12.2. The van der Waals surface area contributed by atoms with Gasteiger partial charge in [-0.15, -0.1) is 11.3 Å². The van der Waals surface area contributed by atoms with Gasteiger partial charge in [-0.05, 0) is 19.1 Å². The number of nitrogens with zero attached hydrogens (tertiary/aromatic N) is 3. The number of nitrogens with one attached hydrogen (secondary N) is 1. The zero-order chi connectivity index (χ0) is 19.7. The van der Waals surface area contributed by atoms with E-state index in [1.54, 1.807) is 27.7 Å². The molecule has 0 aliphatic carbocycles. The van der Waals surface area contributed by atoms with Crippen LogP contribution in [0.15, 0.2) is 52.0 Å². The van der Waals surface area contributed by atoms with E-state index >= 15 is 0 Å². The van der Waals surface area contributed by atoms with Crippen molar-refractivity contribution in [3.05, 3.63) is 52.7 Å². The lowest BCUT2D eigenvalue weighted by molar-refractivity contribution is 0.588. The lowest BCUT2D eigenvalue weighted by Crippen LogP contribution is -2.16. The SMILES string of the molecule is Cc1ncsc1CCn1cc(NS(=O)(=O)c2ccccc2S(C)(=O)=O)cn1. The van der Waals surface area contributed by atoms with E-state index in [-0.39, 0.29) is 15.5 Å². The fourth-order valence-electron chi connectivity index (χ4n) is 2.51. The largest absolute Gasteiger partial charge is 0.276 e. The highest BCUT2D eigenvalue weighted by atomic mass is 32.2. The van der Waals surface area contributed by atoms with Gasteiger partial charge in [-0.2, -0.15) is 5.10 Å². The summed E-state index contributed by atoms with van der Waals surface area (Å²) in [6, 6.07) is 5.49. The van der Waals surface area contributed by atoms with Crippen molar-refractivity contribution in [1.29, 1.82) is 0 Å². The molecule has 1 aromatic carbocycles. The minimum atomic E-state index is -4.07. The van der Waals surface area contributed by atoms with E-state index in [1.165, 1.54) is 30.5 Å². The van der Waals surface area contributed by atoms with Crippen LogP contribution in [0.1, 0.15) is 10.6 Å². The number of hydrogen-bond acceptors (Lipinski definition) is 7. The third kappa shape index (κ3) is 4.54.